The topological polar surface area (TPSA) is 76.4 Å². The standard InChI is InChI=1S/C23H37N3O3/c1-14(2)12-29-13-19-18(11-24-26(19)22(3,4)5)21(27)25-20-16-6-15-7-17(20)10-23(28,8-15)9-16/h11,14-17,20,28H,6-10,12-13H2,1-5H3,(H,25,27)/t15?,16-,17+,20?,23?. The van der Waals surface area contributed by atoms with Gasteiger partial charge in [-0.05, 0) is 76.5 Å². The Bertz CT molecular complexity index is 748. The molecule has 4 aliphatic rings. The first-order chi connectivity index (χ1) is 13.6. The van der Waals surface area contributed by atoms with Crippen LogP contribution in [-0.2, 0) is 16.9 Å². The quantitative estimate of drug-likeness (QED) is 0.762. The predicted octanol–water partition coefficient (Wildman–Crippen LogP) is 3.48. The van der Waals surface area contributed by atoms with Gasteiger partial charge >= 0.3 is 0 Å². The van der Waals surface area contributed by atoms with Gasteiger partial charge in [0.1, 0.15) is 0 Å². The Kier molecular flexibility index (Phi) is 5.31. The van der Waals surface area contributed by atoms with Gasteiger partial charge in [-0.2, -0.15) is 5.10 Å². The number of hydrogen-bond acceptors (Lipinski definition) is 4. The molecule has 1 amide bonds. The third-order valence-electron chi connectivity index (χ3n) is 6.98. The molecule has 0 radical (unpaired) electrons. The van der Waals surface area contributed by atoms with Crippen molar-refractivity contribution in [1.82, 2.24) is 15.1 Å². The summed E-state index contributed by atoms with van der Waals surface area (Å²) in [4.78, 5) is 13.3. The predicted molar refractivity (Wildman–Crippen MR) is 111 cm³/mol. The second-order valence-corrected chi connectivity index (χ2v) is 11.2. The molecule has 1 heterocycles. The number of amides is 1. The smallest absolute Gasteiger partial charge is 0.255 e. The van der Waals surface area contributed by atoms with Crippen LogP contribution >= 0.6 is 0 Å². The van der Waals surface area contributed by atoms with Gasteiger partial charge in [-0.15, -0.1) is 0 Å². The van der Waals surface area contributed by atoms with Crippen molar-refractivity contribution in [3.63, 3.8) is 0 Å². The molecular formula is C23H37N3O3. The van der Waals surface area contributed by atoms with E-state index in [1.807, 2.05) is 4.68 Å². The lowest BCUT2D eigenvalue weighted by Gasteiger charge is -2.58. The molecule has 29 heavy (non-hydrogen) atoms. The van der Waals surface area contributed by atoms with Gasteiger partial charge < -0.3 is 15.2 Å². The summed E-state index contributed by atoms with van der Waals surface area (Å²) in [5.74, 6) is 1.82. The largest absolute Gasteiger partial charge is 0.390 e. The molecule has 6 heteroatoms. The first-order valence-electron chi connectivity index (χ1n) is 11.2. The van der Waals surface area contributed by atoms with Crippen LogP contribution in [0.3, 0.4) is 0 Å². The lowest BCUT2D eigenvalue weighted by atomic mass is 9.52. The summed E-state index contributed by atoms with van der Waals surface area (Å²) in [5, 5.41) is 18.7. The zero-order chi connectivity index (χ0) is 21.0. The van der Waals surface area contributed by atoms with Crippen LogP contribution in [0, 0.1) is 23.7 Å². The molecule has 0 aromatic carbocycles. The normalized spacial score (nSPS) is 33.5. The molecule has 0 spiro atoms. The van der Waals surface area contributed by atoms with Gasteiger partial charge in [-0.3, -0.25) is 9.48 Å². The molecule has 4 fully saturated rings. The Balaban J connectivity index is 1.52. The van der Waals surface area contributed by atoms with Crippen molar-refractivity contribution in [2.75, 3.05) is 6.61 Å². The molecule has 1 aromatic rings. The Labute approximate surface area is 174 Å². The average Bonchev–Trinajstić information content (AvgIpc) is 3.00. The minimum Gasteiger partial charge on any atom is -0.390 e. The SMILES string of the molecule is CC(C)COCc1c(C(=O)NC2[C@@H]3CC4C[C@H]2CC(O)(C4)C3)cnn1C(C)(C)C. The lowest BCUT2D eigenvalue weighted by molar-refractivity contribution is -0.136. The fourth-order valence-corrected chi connectivity index (χ4v) is 6.12. The second-order valence-electron chi connectivity index (χ2n) is 11.2. The van der Waals surface area contributed by atoms with E-state index in [0.29, 0.717) is 42.4 Å². The van der Waals surface area contributed by atoms with Crippen molar-refractivity contribution < 1.29 is 14.6 Å². The van der Waals surface area contributed by atoms with E-state index in [9.17, 15) is 9.90 Å². The van der Waals surface area contributed by atoms with Gasteiger partial charge in [0.15, 0.2) is 0 Å². The molecule has 6 nitrogen and oxygen atoms in total. The summed E-state index contributed by atoms with van der Waals surface area (Å²) in [6.07, 6.45) is 6.58. The van der Waals surface area contributed by atoms with Crippen molar-refractivity contribution >= 4 is 5.91 Å². The van der Waals surface area contributed by atoms with Gasteiger partial charge in [0.05, 0.1) is 35.2 Å². The maximum atomic E-state index is 13.3. The highest BCUT2D eigenvalue weighted by Crippen LogP contribution is 2.55. The summed E-state index contributed by atoms with van der Waals surface area (Å²) in [6, 6.07) is 0.168. The molecule has 0 saturated heterocycles. The number of nitrogens with zero attached hydrogens (tertiary/aromatic N) is 2. The number of ether oxygens (including phenoxy) is 1. The van der Waals surface area contributed by atoms with Crippen LogP contribution in [0.15, 0.2) is 6.20 Å². The van der Waals surface area contributed by atoms with Gasteiger partial charge in [0.2, 0.25) is 0 Å². The summed E-state index contributed by atoms with van der Waals surface area (Å²) in [5.41, 5.74) is 0.764. The molecule has 5 rings (SSSR count). The number of aliphatic hydroxyl groups is 1. The van der Waals surface area contributed by atoms with E-state index in [4.69, 9.17) is 4.74 Å². The molecule has 4 aliphatic carbocycles. The van der Waals surface area contributed by atoms with Crippen LogP contribution in [0.25, 0.3) is 0 Å². The summed E-state index contributed by atoms with van der Waals surface area (Å²) >= 11 is 0. The third-order valence-corrected chi connectivity index (χ3v) is 6.98. The lowest BCUT2D eigenvalue weighted by Crippen LogP contribution is -2.61. The molecular weight excluding hydrogens is 366 g/mol. The number of rotatable bonds is 6. The number of aromatic nitrogens is 2. The van der Waals surface area contributed by atoms with Crippen LogP contribution in [0.1, 0.15) is 82.8 Å². The van der Waals surface area contributed by atoms with Crippen molar-refractivity contribution in [3.05, 3.63) is 17.5 Å². The first kappa shape index (κ1) is 20.9. The molecule has 4 saturated carbocycles. The third kappa shape index (κ3) is 4.11. The van der Waals surface area contributed by atoms with E-state index in [1.165, 1.54) is 0 Å². The Morgan fingerprint density at radius 3 is 2.52 bits per heavy atom. The Hall–Kier alpha value is -1.40. The minimum absolute atomic E-state index is 0.0480. The van der Waals surface area contributed by atoms with Gasteiger partial charge in [-0.25, -0.2) is 0 Å². The maximum absolute atomic E-state index is 13.3. The van der Waals surface area contributed by atoms with E-state index >= 15 is 0 Å². The average molecular weight is 404 g/mol. The highest BCUT2D eigenvalue weighted by atomic mass is 16.5. The molecule has 5 atom stereocenters. The Morgan fingerprint density at radius 1 is 1.31 bits per heavy atom. The molecule has 0 aliphatic heterocycles. The van der Waals surface area contributed by atoms with E-state index in [-0.39, 0.29) is 17.5 Å². The molecule has 1 aromatic heterocycles. The first-order valence-corrected chi connectivity index (χ1v) is 11.2. The summed E-state index contributed by atoms with van der Waals surface area (Å²) < 4.78 is 7.81. The van der Waals surface area contributed by atoms with E-state index in [2.05, 4.69) is 45.0 Å². The monoisotopic (exact) mass is 403 g/mol. The number of carbonyl (C=O) groups is 1. The highest BCUT2D eigenvalue weighted by Gasteiger charge is 2.55. The molecule has 2 N–H and O–H groups in total. The number of nitrogens with one attached hydrogen (secondary N) is 1. The van der Waals surface area contributed by atoms with Crippen LogP contribution in [0.2, 0.25) is 0 Å². The number of carbonyl (C=O) groups excluding carboxylic acids is 1. The van der Waals surface area contributed by atoms with Crippen molar-refractivity contribution in [2.24, 2.45) is 23.7 Å². The Morgan fingerprint density at radius 2 is 1.97 bits per heavy atom. The van der Waals surface area contributed by atoms with Crippen molar-refractivity contribution in [2.45, 2.75) is 90.5 Å². The van der Waals surface area contributed by atoms with Gasteiger partial charge in [0.25, 0.3) is 5.91 Å². The van der Waals surface area contributed by atoms with Crippen molar-refractivity contribution in [3.8, 4) is 0 Å². The van der Waals surface area contributed by atoms with Crippen LogP contribution in [-0.4, -0.2) is 39.0 Å². The van der Waals surface area contributed by atoms with E-state index in [1.54, 1.807) is 6.20 Å². The zero-order valence-electron chi connectivity index (χ0n) is 18.6. The van der Waals surface area contributed by atoms with Gasteiger partial charge in [-0.1, -0.05) is 13.8 Å². The minimum atomic E-state index is -0.481. The van der Waals surface area contributed by atoms with Crippen LogP contribution < -0.4 is 5.32 Å². The van der Waals surface area contributed by atoms with E-state index < -0.39 is 5.60 Å². The summed E-state index contributed by atoms with van der Waals surface area (Å²) in [6.45, 7) is 11.6. The second kappa shape index (κ2) is 7.38. The highest BCUT2D eigenvalue weighted by molar-refractivity contribution is 5.95. The van der Waals surface area contributed by atoms with Gasteiger partial charge in [0, 0.05) is 12.6 Å². The van der Waals surface area contributed by atoms with Crippen LogP contribution in [0.5, 0.6) is 0 Å². The van der Waals surface area contributed by atoms with Crippen molar-refractivity contribution in [1.29, 1.82) is 0 Å². The molecule has 3 unspecified atom stereocenters. The van der Waals surface area contributed by atoms with Crippen LogP contribution in [0.4, 0.5) is 0 Å². The fraction of sp³-hybridized carbons (Fsp3) is 0.826. The maximum Gasteiger partial charge on any atom is 0.255 e. The number of hydrogen-bond donors (Lipinski definition) is 2. The molecule has 4 bridgehead atoms. The fourth-order valence-electron chi connectivity index (χ4n) is 6.12. The molecule has 162 valence electrons. The summed E-state index contributed by atoms with van der Waals surface area (Å²) in [7, 11) is 0. The zero-order valence-corrected chi connectivity index (χ0v) is 18.6. The van der Waals surface area contributed by atoms with E-state index in [0.717, 1.165) is 37.8 Å².